The zero-order chi connectivity index (χ0) is 15.7. The van der Waals surface area contributed by atoms with Gasteiger partial charge >= 0.3 is 0 Å². The molecule has 5 heteroatoms. The molecular weight excluding hydrogens is 274 g/mol. The number of benzene rings is 1. The number of sulfonamides is 1. The van der Waals surface area contributed by atoms with E-state index < -0.39 is 10.0 Å². The lowest BCUT2D eigenvalue weighted by Gasteiger charge is -2.25. The van der Waals surface area contributed by atoms with E-state index in [9.17, 15) is 8.42 Å². The van der Waals surface area contributed by atoms with Crippen LogP contribution in [-0.4, -0.2) is 15.0 Å². The molecule has 0 spiro atoms. The van der Waals surface area contributed by atoms with Crippen molar-refractivity contribution in [2.45, 2.75) is 51.9 Å². The van der Waals surface area contributed by atoms with Gasteiger partial charge in [-0.1, -0.05) is 34.6 Å². The second kappa shape index (κ2) is 5.74. The van der Waals surface area contributed by atoms with Crippen LogP contribution in [0.5, 0.6) is 5.75 Å². The van der Waals surface area contributed by atoms with Crippen molar-refractivity contribution >= 4 is 10.0 Å². The first-order valence-corrected chi connectivity index (χ1v) is 8.28. The first kappa shape index (κ1) is 17.0. The Hall–Kier alpha value is -1.07. The van der Waals surface area contributed by atoms with Crippen LogP contribution >= 0.6 is 0 Å². The molecule has 0 radical (unpaired) electrons. The maximum atomic E-state index is 11.6. The lowest BCUT2D eigenvalue weighted by atomic mass is 9.86. The molecule has 0 unspecified atom stereocenters. The topological polar surface area (TPSA) is 69.4 Å². The Labute approximate surface area is 122 Å². The molecule has 1 aromatic carbocycles. The summed E-state index contributed by atoms with van der Waals surface area (Å²) in [5.74, 6) is 1.14. The van der Waals surface area contributed by atoms with Crippen molar-refractivity contribution in [2.24, 2.45) is 11.1 Å². The van der Waals surface area contributed by atoms with Crippen molar-refractivity contribution < 1.29 is 13.2 Å². The third-order valence-electron chi connectivity index (χ3n) is 2.96. The molecule has 0 saturated carbocycles. The fourth-order valence-corrected chi connectivity index (χ4v) is 2.72. The third kappa shape index (κ3) is 4.21. The minimum atomic E-state index is -3.72. The highest BCUT2D eigenvalue weighted by Gasteiger charge is 2.24. The summed E-state index contributed by atoms with van der Waals surface area (Å²) in [5, 5.41) is 5.27. The summed E-state index contributed by atoms with van der Waals surface area (Å²) < 4.78 is 29.1. The third-order valence-corrected chi connectivity index (χ3v) is 4.02. The molecule has 0 fully saturated rings. The summed E-state index contributed by atoms with van der Waals surface area (Å²) in [4.78, 5) is 0.166. The fraction of sp³-hybridized carbons (Fsp3) is 0.600. The van der Waals surface area contributed by atoms with Crippen molar-refractivity contribution in [3.8, 4) is 5.75 Å². The van der Waals surface area contributed by atoms with Gasteiger partial charge in [-0.3, -0.25) is 0 Å². The molecule has 2 N–H and O–H groups in total. The van der Waals surface area contributed by atoms with Gasteiger partial charge in [-0.05, 0) is 36.0 Å². The molecule has 4 nitrogen and oxygen atoms in total. The SMILES string of the molecule is Cc1cc(OCC(C)C)c(C(C)(C)C)cc1S(N)(=O)=O. The first-order valence-electron chi connectivity index (χ1n) is 6.73. The minimum Gasteiger partial charge on any atom is -0.493 e. The predicted molar refractivity (Wildman–Crippen MR) is 81.6 cm³/mol. The van der Waals surface area contributed by atoms with E-state index in [-0.39, 0.29) is 10.3 Å². The maximum Gasteiger partial charge on any atom is 0.238 e. The van der Waals surface area contributed by atoms with Gasteiger partial charge in [0.15, 0.2) is 0 Å². The molecule has 114 valence electrons. The summed E-state index contributed by atoms with van der Waals surface area (Å²) in [6.07, 6.45) is 0. The van der Waals surface area contributed by atoms with Gasteiger partial charge in [0.25, 0.3) is 0 Å². The summed E-state index contributed by atoms with van der Waals surface area (Å²) in [5.41, 5.74) is 1.24. The Kier molecular flexibility index (Phi) is 4.87. The van der Waals surface area contributed by atoms with Crippen LogP contribution in [0.1, 0.15) is 45.7 Å². The summed E-state index contributed by atoms with van der Waals surface area (Å²) >= 11 is 0. The minimum absolute atomic E-state index is 0.166. The van der Waals surface area contributed by atoms with Crippen molar-refractivity contribution in [1.82, 2.24) is 0 Å². The van der Waals surface area contributed by atoms with E-state index in [4.69, 9.17) is 9.88 Å². The van der Waals surface area contributed by atoms with Crippen LogP contribution in [0.15, 0.2) is 17.0 Å². The van der Waals surface area contributed by atoms with Crippen LogP contribution in [0.2, 0.25) is 0 Å². The van der Waals surface area contributed by atoms with E-state index in [1.807, 2.05) is 20.8 Å². The van der Waals surface area contributed by atoms with Crippen LogP contribution in [-0.2, 0) is 15.4 Å². The molecule has 0 aliphatic carbocycles. The van der Waals surface area contributed by atoms with Gasteiger partial charge in [0, 0.05) is 5.56 Å². The number of aryl methyl sites for hydroxylation is 1. The summed E-state index contributed by atoms with van der Waals surface area (Å²) in [7, 11) is -3.72. The van der Waals surface area contributed by atoms with Crippen LogP contribution in [0.25, 0.3) is 0 Å². The quantitative estimate of drug-likeness (QED) is 0.929. The summed E-state index contributed by atoms with van der Waals surface area (Å²) in [6, 6.07) is 3.41. The Morgan fingerprint density at radius 3 is 2.20 bits per heavy atom. The molecule has 0 aliphatic rings. The molecule has 0 heterocycles. The fourth-order valence-electron chi connectivity index (χ4n) is 1.93. The average molecular weight is 299 g/mol. The van der Waals surface area contributed by atoms with Gasteiger partial charge in [0.2, 0.25) is 10.0 Å². The number of hydrogen-bond acceptors (Lipinski definition) is 3. The molecule has 1 rings (SSSR count). The van der Waals surface area contributed by atoms with E-state index >= 15 is 0 Å². The van der Waals surface area contributed by atoms with Crippen molar-refractivity contribution in [3.05, 3.63) is 23.3 Å². The Morgan fingerprint density at radius 1 is 1.25 bits per heavy atom. The monoisotopic (exact) mass is 299 g/mol. The zero-order valence-corrected chi connectivity index (χ0v) is 14.0. The zero-order valence-electron chi connectivity index (χ0n) is 13.1. The Balaban J connectivity index is 3.42. The Morgan fingerprint density at radius 2 is 1.80 bits per heavy atom. The van der Waals surface area contributed by atoms with Gasteiger partial charge in [0.1, 0.15) is 5.75 Å². The number of rotatable bonds is 4. The lowest BCUT2D eigenvalue weighted by molar-refractivity contribution is 0.264. The summed E-state index contributed by atoms with van der Waals surface area (Å²) in [6.45, 7) is 12.5. The highest BCUT2D eigenvalue weighted by atomic mass is 32.2. The average Bonchev–Trinajstić information content (AvgIpc) is 2.22. The predicted octanol–water partition coefficient (Wildman–Crippen LogP) is 2.97. The van der Waals surface area contributed by atoms with Crippen LogP contribution < -0.4 is 9.88 Å². The molecule has 0 bridgehead atoms. The largest absolute Gasteiger partial charge is 0.493 e. The van der Waals surface area contributed by atoms with Crippen molar-refractivity contribution in [3.63, 3.8) is 0 Å². The van der Waals surface area contributed by atoms with E-state index in [1.165, 1.54) is 0 Å². The normalized spacial score (nSPS) is 12.8. The highest BCUT2D eigenvalue weighted by Crippen LogP contribution is 2.35. The molecule has 1 aromatic rings. The van der Waals surface area contributed by atoms with E-state index in [0.717, 1.165) is 11.3 Å². The van der Waals surface area contributed by atoms with Gasteiger partial charge in [-0.2, -0.15) is 0 Å². The molecular formula is C15H25NO3S. The molecule has 0 aliphatic heterocycles. The van der Waals surface area contributed by atoms with E-state index in [2.05, 4.69) is 13.8 Å². The van der Waals surface area contributed by atoms with Crippen molar-refractivity contribution in [2.75, 3.05) is 6.61 Å². The van der Waals surface area contributed by atoms with Crippen molar-refractivity contribution in [1.29, 1.82) is 0 Å². The Bertz CT molecular complexity index is 584. The van der Waals surface area contributed by atoms with Crippen LogP contribution in [0.4, 0.5) is 0 Å². The highest BCUT2D eigenvalue weighted by molar-refractivity contribution is 7.89. The number of hydrogen-bond donors (Lipinski definition) is 1. The first-order chi connectivity index (χ1) is 8.93. The van der Waals surface area contributed by atoms with E-state index in [1.54, 1.807) is 19.1 Å². The molecule has 0 atom stereocenters. The smallest absolute Gasteiger partial charge is 0.238 e. The van der Waals surface area contributed by atoms with Gasteiger partial charge in [-0.25, -0.2) is 13.6 Å². The molecule has 0 saturated heterocycles. The lowest BCUT2D eigenvalue weighted by Crippen LogP contribution is -2.19. The number of primary sulfonamides is 1. The van der Waals surface area contributed by atoms with E-state index in [0.29, 0.717) is 18.1 Å². The molecule has 0 aromatic heterocycles. The maximum absolute atomic E-state index is 11.6. The molecule has 20 heavy (non-hydrogen) atoms. The van der Waals surface area contributed by atoms with Crippen LogP contribution in [0, 0.1) is 12.8 Å². The standard InChI is InChI=1S/C15H25NO3S/c1-10(2)9-19-13-7-11(3)14(20(16,17)18)8-12(13)15(4,5)6/h7-8,10H,9H2,1-6H3,(H2,16,17,18). The van der Waals surface area contributed by atoms with Gasteiger partial charge in [0.05, 0.1) is 11.5 Å². The van der Waals surface area contributed by atoms with Gasteiger partial charge in [-0.15, -0.1) is 0 Å². The molecule has 0 amide bonds. The second-order valence-electron chi connectivity index (χ2n) is 6.61. The van der Waals surface area contributed by atoms with Gasteiger partial charge < -0.3 is 4.74 Å². The second-order valence-corrected chi connectivity index (χ2v) is 8.14. The number of ether oxygens (including phenoxy) is 1. The van der Waals surface area contributed by atoms with Crippen LogP contribution in [0.3, 0.4) is 0 Å². The number of nitrogens with two attached hydrogens (primary N) is 1.